The lowest BCUT2D eigenvalue weighted by Crippen LogP contribution is -1.96. The molecule has 19 heavy (non-hydrogen) atoms. The Labute approximate surface area is 117 Å². The van der Waals surface area contributed by atoms with E-state index in [9.17, 15) is 5.11 Å². The van der Waals surface area contributed by atoms with Gasteiger partial charge in [-0.2, -0.15) is 0 Å². The van der Waals surface area contributed by atoms with Gasteiger partial charge in [0, 0.05) is 0 Å². The zero-order valence-electron chi connectivity index (χ0n) is 11.7. The van der Waals surface area contributed by atoms with Crippen LogP contribution in [0.2, 0.25) is 0 Å². The molecular formula is C17H24O2. The molecule has 2 nitrogen and oxygen atoms in total. The Hall–Kier alpha value is -1.48. The first-order valence-corrected chi connectivity index (χ1v) is 6.93. The molecule has 2 heteroatoms. The zero-order valence-corrected chi connectivity index (χ0v) is 11.7. The lowest BCUT2D eigenvalue weighted by atomic mass is 10.1. The molecule has 0 aromatic carbocycles. The van der Waals surface area contributed by atoms with Gasteiger partial charge in [0.15, 0.2) is 0 Å². The quantitative estimate of drug-likeness (QED) is 0.400. The summed E-state index contributed by atoms with van der Waals surface area (Å²) >= 11 is 0. The van der Waals surface area contributed by atoms with Crippen molar-refractivity contribution in [2.75, 3.05) is 6.61 Å². The Balaban J connectivity index is 3.72. The van der Waals surface area contributed by atoms with Crippen molar-refractivity contribution in [3.05, 3.63) is 24.3 Å². The van der Waals surface area contributed by atoms with Gasteiger partial charge in [-0.25, -0.2) is 0 Å². The van der Waals surface area contributed by atoms with E-state index in [0.29, 0.717) is 0 Å². The van der Waals surface area contributed by atoms with Crippen molar-refractivity contribution >= 4 is 0 Å². The largest absolute Gasteiger partial charge is 0.392 e. The summed E-state index contributed by atoms with van der Waals surface area (Å²) in [6.07, 6.45) is 13.3. The van der Waals surface area contributed by atoms with Crippen LogP contribution in [-0.2, 0) is 0 Å². The number of aliphatic hydroxyl groups excluding tert-OH is 2. The third-order valence-electron chi connectivity index (χ3n) is 2.45. The molecule has 0 aromatic heterocycles. The lowest BCUT2D eigenvalue weighted by Gasteiger charge is -1.96. The summed E-state index contributed by atoms with van der Waals surface area (Å²) in [6.45, 7) is 2.18. The van der Waals surface area contributed by atoms with Gasteiger partial charge < -0.3 is 10.2 Å². The van der Waals surface area contributed by atoms with Crippen LogP contribution in [-0.4, -0.2) is 22.9 Å². The van der Waals surface area contributed by atoms with Crippen LogP contribution < -0.4 is 0 Å². The van der Waals surface area contributed by atoms with Gasteiger partial charge >= 0.3 is 0 Å². The average Bonchev–Trinajstić information content (AvgIpc) is 2.41. The predicted octanol–water partition coefficient (Wildman–Crippen LogP) is 2.82. The first-order valence-electron chi connectivity index (χ1n) is 6.93. The molecule has 0 bridgehead atoms. The van der Waals surface area contributed by atoms with Gasteiger partial charge in [-0.15, -0.1) is 0 Å². The van der Waals surface area contributed by atoms with E-state index >= 15 is 0 Å². The Morgan fingerprint density at radius 2 is 1.84 bits per heavy atom. The van der Waals surface area contributed by atoms with Gasteiger partial charge in [-0.05, 0) is 36.8 Å². The minimum atomic E-state index is -0.744. The fourth-order valence-corrected chi connectivity index (χ4v) is 1.44. The zero-order chi connectivity index (χ0) is 14.2. The van der Waals surface area contributed by atoms with Gasteiger partial charge in [-0.3, -0.25) is 0 Å². The van der Waals surface area contributed by atoms with Crippen molar-refractivity contribution < 1.29 is 10.2 Å². The van der Waals surface area contributed by atoms with Crippen molar-refractivity contribution in [1.29, 1.82) is 0 Å². The molecule has 0 aromatic rings. The van der Waals surface area contributed by atoms with Crippen LogP contribution in [0.4, 0.5) is 0 Å². The standard InChI is InChI=1S/C17H24O2/c1-2-3-4-5-6-8-11-14-17(19)15-12-9-7-10-13-16-18/h10-11,13-14,17-19H,2-6,8,16H2,1H3/b13-10+,14-11+. The van der Waals surface area contributed by atoms with Crippen LogP contribution >= 0.6 is 0 Å². The van der Waals surface area contributed by atoms with E-state index in [1.165, 1.54) is 44.3 Å². The molecule has 0 saturated carbocycles. The Kier molecular flexibility index (Phi) is 13.4. The smallest absolute Gasteiger partial charge is 0.134 e. The third kappa shape index (κ3) is 14.5. The van der Waals surface area contributed by atoms with Crippen molar-refractivity contribution in [2.45, 2.75) is 51.6 Å². The highest BCUT2D eigenvalue weighted by atomic mass is 16.3. The molecule has 0 rings (SSSR count). The molecule has 0 fully saturated rings. The number of allylic oxidation sites excluding steroid dienone is 2. The summed E-state index contributed by atoms with van der Waals surface area (Å²) in [5, 5.41) is 18.0. The minimum absolute atomic E-state index is 0.0221. The lowest BCUT2D eigenvalue weighted by molar-refractivity contribution is 0.280. The molecule has 1 unspecified atom stereocenters. The monoisotopic (exact) mass is 260 g/mol. The molecule has 0 heterocycles. The van der Waals surface area contributed by atoms with Crippen LogP contribution in [0.1, 0.15) is 45.4 Å². The summed E-state index contributed by atoms with van der Waals surface area (Å²) in [5.74, 6) is 10.4. The van der Waals surface area contributed by atoms with Crippen molar-refractivity contribution in [1.82, 2.24) is 0 Å². The average molecular weight is 260 g/mol. The van der Waals surface area contributed by atoms with Crippen LogP contribution in [0.5, 0.6) is 0 Å². The van der Waals surface area contributed by atoms with Crippen molar-refractivity contribution in [3.8, 4) is 23.7 Å². The van der Waals surface area contributed by atoms with Gasteiger partial charge in [-0.1, -0.05) is 56.6 Å². The molecule has 0 aliphatic heterocycles. The van der Waals surface area contributed by atoms with E-state index in [1.807, 2.05) is 6.08 Å². The van der Waals surface area contributed by atoms with Crippen LogP contribution in [0.3, 0.4) is 0 Å². The fourth-order valence-electron chi connectivity index (χ4n) is 1.44. The normalized spacial score (nSPS) is 11.9. The maximum Gasteiger partial charge on any atom is 0.134 e. The number of rotatable bonds is 8. The molecule has 2 N–H and O–H groups in total. The van der Waals surface area contributed by atoms with E-state index in [-0.39, 0.29) is 6.61 Å². The fraction of sp³-hybridized carbons (Fsp3) is 0.529. The summed E-state index contributed by atoms with van der Waals surface area (Å²) < 4.78 is 0. The molecule has 1 atom stereocenters. The molecule has 0 aliphatic carbocycles. The highest BCUT2D eigenvalue weighted by molar-refractivity contribution is 5.32. The SMILES string of the molecule is CCCCCCC/C=C/C(O)C#CC#C/C=C/CO. The molecule has 0 spiro atoms. The van der Waals surface area contributed by atoms with Gasteiger partial charge in [0.2, 0.25) is 0 Å². The molecule has 104 valence electrons. The maximum atomic E-state index is 9.51. The Morgan fingerprint density at radius 3 is 2.58 bits per heavy atom. The van der Waals surface area contributed by atoms with E-state index < -0.39 is 6.10 Å². The first kappa shape index (κ1) is 17.5. The van der Waals surface area contributed by atoms with E-state index in [4.69, 9.17) is 5.11 Å². The van der Waals surface area contributed by atoms with E-state index in [2.05, 4.69) is 30.6 Å². The number of aliphatic hydroxyl groups is 2. The van der Waals surface area contributed by atoms with Crippen LogP contribution in [0.25, 0.3) is 0 Å². The van der Waals surface area contributed by atoms with E-state index in [1.54, 1.807) is 6.08 Å². The summed E-state index contributed by atoms with van der Waals surface area (Å²) in [7, 11) is 0. The van der Waals surface area contributed by atoms with Crippen molar-refractivity contribution in [2.24, 2.45) is 0 Å². The molecule has 0 saturated heterocycles. The second kappa shape index (κ2) is 14.6. The Morgan fingerprint density at radius 1 is 1.05 bits per heavy atom. The number of unbranched alkanes of at least 4 members (excludes halogenated alkanes) is 5. The third-order valence-corrected chi connectivity index (χ3v) is 2.45. The van der Waals surface area contributed by atoms with Crippen LogP contribution in [0.15, 0.2) is 24.3 Å². The summed E-state index contributed by atoms with van der Waals surface area (Å²) in [4.78, 5) is 0. The molecule has 0 radical (unpaired) electrons. The number of hydrogen-bond acceptors (Lipinski definition) is 2. The minimum Gasteiger partial charge on any atom is -0.392 e. The van der Waals surface area contributed by atoms with Gasteiger partial charge in [0.05, 0.1) is 6.61 Å². The second-order valence-corrected chi connectivity index (χ2v) is 4.20. The second-order valence-electron chi connectivity index (χ2n) is 4.20. The molecule has 0 amide bonds. The molecule has 0 aliphatic rings. The molecular weight excluding hydrogens is 236 g/mol. The topological polar surface area (TPSA) is 40.5 Å². The van der Waals surface area contributed by atoms with Gasteiger partial charge in [0.25, 0.3) is 0 Å². The van der Waals surface area contributed by atoms with Crippen LogP contribution in [0, 0.1) is 23.7 Å². The predicted molar refractivity (Wildman–Crippen MR) is 80.3 cm³/mol. The van der Waals surface area contributed by atoms with E-state index in [0.717, 1.165) is 6.42 Å². The van der Waals surface area contributed by atoms with Crippen molar-refractivity contribution in [3.63, 3.8) is 0 Å². The first-order chi connectivity index (χ1) is 9.31. The maximum absolute atomic E-state index is 9.51. The highest BCUT2D eigenvalue weighted by Gasteiger charge is 1.90. The number of hydrogen-bond donors (Lipinski definition) is 2. The van der Waals surface area contributed by atoms with Gasteiger partial charge in [0.1, 0.15) is 6.10 Å². The summed E-state index contributed by atoms with van der Waals surface area (Å²) in [6, 6.07) is 0. The Bertz CT molecular complexity index is 372. The highest BCUT2D eigenvalue weighted by Crippen LogP contribution is 2.05. The summed E-state index contributed by atoms with van der Waals surface area (Å²) in [5.41, 5.74) is 0.